The largest absolute Gasteiger partial charge is 0.496 e. The monoisotopic (exact) mass is 529 g/mol. The third-order valence-electron chi connectivity index (χ3n) is 7.53. The van der Waals surface area contributed by atoms with Gasteiger partial charge in [0.1, 0.15) is 5.75 Å². The van der Waals surface area contributed by atoms with E-state index >= 15 is 0 Å². The summed E-state index contributed by atoms with van der Waals surface area (Å²) >= 11 is 0. The molecule has 4 heterocycles. The van der Waals surface area contributed by atoms with Gasteiger partial charge in [-0.3, -0.25) is 9.59 Å². The number of hydrogen-bond donors (Lipinski definition) is 2. The summed E-state index contributed by atoms with van der Waals surface area (Å²) in [4.78, 5) is 33.0. The normalized spacial score (nSPS) is 16.1. The Morgan fingerprint density at radius 2 is 2.00 bits per heavy atom. The maximum Gasteiger partial charge on any atom is 0.256 e. The molecule has 1 aliphatic heterocycles. The summed E-state index contributed by atoms with van der Waals surface area (Å²) in [5.41, 5.74) is 3.86. The Balaban J connectivity index is 1.61. The number of methoxy groups -OCH3 is 1. The average molecular weight is 530 g/mol. The van der Waals surface area contributed by atoms with Crippen molar-refractivity contribution in [1.29, 1.82) is 0 Å². The molecule has 1 aliphatic rings. The fourth-order valence-corrected chi connectivity index (χ4v) is 6.59. The van der Waals surface area contributed by atoms with E-state index in [9.17, 15) is 18.0 Å². The molecule has 10 nitrogen and oxygen atoms in total. The number of rotatable bonds is 8. The summed E-state index contributed by atoms with van der Waals surface area (Å²) in [6, 6.07) is 3.54. The minimum Gasteiger partial charge on any atom is -0.496 e. The standard InChI is InChI=1S/C26H35N5O5S/c1-6-37(34,35)30-11-8-19(9-12-30)17(3)24-18(4)23(21-7-10-27-15-31(21)24)26(33)28-14-20-22(36-5)13-16(2)29-25(20)32/h7,10,13,15,17,19H,6,8-9,11-12,14H2,1-5H3,(H,28,33)(H,29,32). The summed E-state index contributed by atoms with van der Waals surface area (Å²) in [5.74, 6) is 0.608. The van der Waals surface area contributed by atoms with Crippen LogP contribution >= 0.6 is 0 Å². The number of aromatic nitrogens is 3. The summed E-state index contributed by atoms with van der Waals surface area (Å²) in [7, 11) is -1.70. The predicted octanol–water partition coefficient (Wildman–Crippen LogP) is 2.74. The third kappa shape index (κ3) is 5.15. The number of ether oxygens (including phenoxy) is 1. The maximum absolute atomic E-state index is 13.5. The SMILES string of the molecule is CCS(=O)(=O)N1CCC(C(C)c2c(C)c(C(=O)NCc3c(OC)cc(C)[nH]c3=O)c3ccncn23)CC1. The lowest BCUT2D eigenvalue weighted by Crippen LogP contribution is -2.40. The summed E-state index contributed by atoms with van der Waals surface area (Å²) < 4.78 is 33.5. The third-order valence-corrected chi connectivity index (χ3v) is 9.41. The number of amides is 1. The summed E-state index contributed by atoms with van der Waals surface area (Å²) in [5, 5.41) is 2.90. The van der Waals surface area contributed by atoms with Gasteiger partial charge in [0.05, 0.1) is 42.4 Å². The van der Waals surface area contributed by atoms with E-state index in [4.69, 9.17) is 4.74 Å². The van der Waals surface area contributed by atoms with Gasteiger partial charge in [-0.05, 0) is 63.1 Å². The van der Waals surface area contributed by atoms with Crippen molar-refractivity contribution < 1.29 is 17.9 Å². The number of aromatic amines is 1. The minimum atomic E-state index is -3.19. The molecule has 0 radical (unpaired) electrons. The van der Waals surface area contributed by atoms with Gasteiger partial charge in [0, 0.05) is 30.7 Å². The van der Waals surface area contributed by atoms with Crippen molar-refractivity contribution in [3.63, 3.8) is 0 Å². The predicted molar refractivity (Wildman–Crippen MR) is 142 cm³/mol. The Morgan fingerprint density at radius 1 is 1.30 bits per heavy atom. The zero-order valence-electron chi connectivity index (χ0n) is 22.0. The first-order valence-corrected chi connectivity index (χ1v) is 14.2. The molecular weight excluding hydrogens is 494 g/mol. The first-order valence-electron chi connectivity index (χ1n) is 12.6. The van der Waals surface area contributed by atoms with Gasteiger partial charge in [-0.2, -0.15) is 0 Å². The van der Waals surface area contributed by atoms with Crippen LogP contribution in [0.5, 0.6) is 5.75 Å². The van der Waals surface area contributed by atoms with Crippen LogP contribution < -0.4 is 15.6 Å². The lowest BCUT2D eigenvalue weighted by atomic mass is 9.82. The van der Waals surface area contributed by atoms with Crippen LogP contribution in [0.25, 0.3) is 5.52 Å². The molecule has 3 aromatic heterocycles. The molecule has 1 unspecified atom stereocenters. The average Bonchev–Trinajstić information content (AvgIpc) is 3.18. The van der Waals surface area contributed by atoms with Gasteiger partial charge in [0.15, 0.2) is 0 Å². The van der Waals surface area contributed by atoms with Gasteiger partial charge >= 0.3 is 0 Å². The van der Waals surface area contributed by atoms with Crippen molar-refractivity contribution in [3.05, 3.63) is 63.1 Å². The highest BCUT2D eigenvalue weighted by Gasteiger charge is 2.33. The van der Waals surface area contributed by atoms with E-state index in [0.717, 1.165) is 29.6 Å². The molecule has 1 saturated heterocycles. The van der Waals surface area contributed by atoms with Gasteiger partial charge in [-0.1, -0.05) is 6.92 Å². The minimum absolute atomic E-state index is 0.0226. The number of carbonyl (C=O) groups excluding carboxylic acids is 1. The lowest BCUT2D eigenvalue weighted by Gasteiger charge is -2.34. The van der Waals surface area contributed by atoms with Crippen molar-refractivity contribution >= 4 is 21.4 Å². The van der Waals surface area contributed by atoms with Crippen molar-refractivity contribution in [2.24, 2.45) is 5.92 Å². The second-order valence-electron chi connectivity index (χ2n) is 9.66. The van der Waals surface area contributed by atoms with E-state index < -0.39 is 10.0 Å². The Hall–Kier alpha value is -3.18. The molecule has 0 saturated carbocycles. The molecule has 1 atom stereocenters. The van der Waals surface area contributed by atoms with Gasteiger partial charge in [0.2, 0.25) is 10.0 Å². The van der Waals surface area contributed by atoms with Crippen LogP contribution in [0.15, 0.2) is 29.5 Å². The van der Waals surface area contributed by atoms with E-state index in [-0.39, 0.29) is 35.6 Å². The number of nitrogens with one attached hydrogen (secondary N) is 2. The fraction of sp³-hybridized carbons (Fsp3) is 0.500. The molecule has 0 bridgehead atoms. The number of carbonyl (C=O) groups is 1. The number of fused-ring (bicyclic) bond motifs is 1. The van der Waals surface area contributed by atoms with Gasteiger partial charge in [-0.15, -0.1) is 0 Å². The highest BCUT2D eigenvalue weighted by atomic mass is 32.2. The van der Waals surface area contributed by atoms with E-state index in [2.05, 4.69) is 22.2 Å². The fourth-order valence-electron chi connectivity index (χ4n) is 5.46. The smallest absolute Gasteiger partial charge is 0.256 e. The molecule has 4 rings (SSSR count). The molecular formula is C26H35N5O5S. The zero-order chi connectivity index (χ0) is 26.9. The van der Waals surface area contributed by atoms with Crippen LogP contribution in [0.4, 0.5) is 0 Å². The molecule has 3 aromatic rings. The Kier molecular flexibility index (Phi) is 7.75. The van der Waals surface area contributed by atoms with E-state index in [0.29, 0.717) is 35.7 Å². The van der Waals surface area contributed by atoms with Crippen LogP contribution in [-0.2, 0) is 16.6 Å². The first kappa shape index (κ1) is 26.9. The molecule has 2 N–H and O–H groups in total. The highest BCUT2D eigenvalue weighted by molar-refractivity contribution is 7.89. The number of hydrogen-bond acceptors (Lipinski definition) is 6. The van der Waals surface area contributed by atoms with Crippen molar-refractivity contribution in [2.75, 3.05) is 26.0 Å². The molecule has 11 heteroatoms. The first-order chi connectivity index (χ1) is 17.6. The number of aryl methyl sites for hydroxylation is 1. The molecule has 0 aromatic carbocycles. The van der Waals surface area contributed by atoms with E-state index in [1.54, 1.807) is 36.7 Å². The van der Waals surface area contributed by atoms with Crippen molar-refractivity contribution in [3.8, 4) is 5.75 Å². The second kappa shape index (κ2) is 10.7. The maximum atomic E-state index is 13.5. The quantitative estimate of drug-likeness (QED) is 0.462. The molecule has 0 spiro atoms. The van der Waals surface area contributed by atoms with Crippen molar-refractivity contribution in [1.82, 2.24) is 24.0 Å². The number of H-pyrrole nitrogens is 1. The van der Waals surface area contributed by atoms with E-state index in [1.165, 1.54) is 7.11 Å². The van der Waals surface area contributed by atoms with Gasteiger partial charge < -0.3 is 19.4 Å². The Morgan fingerprint density at radius 3 is 2.65 bits per heavy atom. The summed E-state index contributed by atoms with van der Waals surface area (Å²) in [6.45, 7) is 8.54. The summed E-state index contributed by atoms with van der Waals surface area (Å²) in [6.07, 6.45) is 4.88. The van der Waals surface area contributed by atoms with E-state index in [1.807, 2.05) is 17.4 Å². The van der Waals surface area contributed by atoms with Gasteiger partial charge in [0.25, 0.3) is 11.5 Å². The number of sulfonamides is 1. The van der Waals surface area contributed by atoms with Crippen LogP contribution in [0.2, 0.25) is 0 Å². The molecule has 37 heavy (non-hydrogen) atoms. The number of piperidine rings is 1. The molecule has 1 amide bonds. The lowest BCUT2D eigenvalue weighted by molar-refractivity contribution is 0.0951. The van der Waals surface area contributed by atoms with Crippen LogP contribution in [-0.4, -0.2) is 59.0 Å². The van der Waals surface area contributed by atoms with Crippen LogP contribution in [0.3, 0.4) is 0 Å². The molecule has 1 fully saturated rings. The Bertz CT molecular complexity index is 1470. The molecule has 0 aliphatic carbocycles. The molecule has 200 valence electrons. The van der Waals surface area contributed by atoms with Crippen LogP contribution in [0.1, 0.15) is 65.5 Å². The second-order valence-corrected chi connectivity index (χ2v) is 11.9. The van der Waals surface area contributed by atoms with Crippen molar-refractivity contribution in [2.45, 2.75) is 53.0 Å². The number of pyridine rings is 1. The van der Waals surface area contributed by atoms with Crippen LogP contribution in [0, 0.1) is 19.8 Å². The number of nitrogens with zero attached hydrogens (tertiary/aromatic N) is 3. The Labute approximate surface area is 217 Å². The topological polar surface area (TPSA) is 126 Å². The highest BCUT2D eigenvalue weighted by Crippen LogP contribution is 2.37. The van der Waals surface area contributed by atoms with Gasteiger partial charge in [-0.25, -0.2) is 17.7 Å². The zero-order valence-corrected chi connectivity index (χ0v) is 22.8.